The average Bonchev–Trinajstić information content (AvgIpc) is 3.20. The molecule has 4 amide bonds. The van der Waals surface area contributed by atoms with E-state index in [2.05, 4.69) is 15.6 Å². The van der Waals surface area contributed by atoms with Gasteiger partial charge in [0.25, 0.3) is 0 Å². The van der Waals surface area contributed by atoms with Gasteiger partial charge in [-0.3, -0.25) is 19.3 Å². The summed E-state index contributed by atoms with van der Waals surface area (Å²) < 4.78 is 0. The fourth-order valence-electron chi connectivity index (χ4n) is 2.86. The van der Waals surface area contributed by atoms with Crippen LogP contribution in [0.15, 0.2) is 29.6 Å². The Hall–Kier alpha value is -3.27. The van der Waals surface area contributed by atoms with Gasteiger partial charge in [0.1, 0.15) is 11.7 Å². The van der Waals surface area contributed by atoms with Gasteiger partial charge in [0.05, 0.1) is 6.04 Å². The van der Waals surface area contributed by atoms with Crippen LogP contribution in [-0.4, -0.2) is 54.2 Å². The largest absolute Gasteiger partial charge is 0.378 e. The van der Waals surface area contributed by atoms with E-state index in [9.17, 15) is 19.2 Å². The van der Waals surface area contributed by atoms with Crippen molar-refractivity contribution in [1.82, 2.24) is 15.2 Å². The fraction of sp³-hybridized carbons (Fsp3) is 0.381. The summed E-state index contributed by atoms with van der Waals surface area (Å²) in [7, 11) is 3.87. The molecule has 1 heterocycles. The number of amides is 4. The number of anilines is 2. The molecule has 0 aliphatic carbocycles. The van der Waals surface area contributed by atoms with E-state index < -0.39 is 18.0 Å². The number of hydrogen-bond donors (Lipinski definition) is 2. The highest BCUT2D eigenvalue weighted by Crippen LogP contribution is 2.19. The van der Waals surface area contributed by atoms with Gasteiger partial charge in [-0.25, -0.2) is 9.78 Å². The molecule has 0 fully saturated rings. The molecule has 0 saturated carbocycles. The lowest BCUT2D eigenvalue weighted by molar-refractivity contribution is -0.127. The first kappa shape index (κ1) is 24.0. The molecule has 10 heteroatoms. The summed E-state index contributed by atoms with van der Waals surface area (Å²) in [5, 5.41) is 7.09. The van der Waals surface area contributed by atoms with Crippen molar-refractivity contribution in [2.75, 3.05) is 24.3 Å². The maximum Gasteiger partial charge on any atom is 0.325 e. The van der Waals surface area contributed by atoms with E-state index in [-0.39, 0.29) is 29.1 Å². The number of benzene rings is 1. The van der Waals surface area contributed by atoms with E-state index >= 15 is 0 Å². The zero-order valence-electron chi connectivity index (χ0n) is 18.2. The maximum absolute atomic E-state index is 12.7. The smallest absolute Gasteiger partial charge is 0.325 e. The maximum atomic E-state index is 12.7. The molecule has 9 nitrogen and oxygen atoms in total. The van der Waals surface area contributed by atoms with Crippen LogP contribution in [0, 0.1) is 0 Å². The standard InChI is InChI=1S/C21H27N5O4S/c1-6-18(19(29)24-20-23-17(11-31-20)14(3)28)26(12-27)21(30)22-13(2)15-7-9-16(10-8-15)25(4)5/h7-13,18H,6H2,1-5H3,(H,22,30)(H,23,24,29)/t13?,18-/m0/s1. The van der Waals surface area contributed by atoms with E-state index in [1.54, 1.807) is 13.8 Å². The van der Waals surface area contributed by atoms with E-state index in [4.69, 9.17) is 0 Å². The van der Waals surface area contributed by atoms with Crippen LogP contribution >= 0.6 is 11.3 Å². The molecule has 2 N–H and O–H groups in total. The van der Waals surface area contributed by atoms with Gasteiger partial charge >= 0.3 is 6.03 Å². The first-order chi connectivity index (χ1) is 14.7. The highest BCUT2D eigenvalue weighted by atomic mass is 32.1. The highest BCUT2D eigenvalue weighted by molar-refractivity contribution is 7.14. The Morgan fingerprint density at radius 2 is 1.84 bits per heavy atom. The predicted octanol–water partition coefficient (Wildman–Crippen LogP) is 3.06. The predicted molar refractivity (Wildman–Crippen MR) is 120 cm³/mol. The lowest BCUT2D eigenvalue weighted by atomic mass is 10.1. The third kappa shape index (κ3) is 6.11. The van der Waals surface area contributed by atoms with Crippen LogP contribution in [0.1, 0.15) is 49.3 Å². The second kappa shape index (κ2) is 10.7. The lowest BCUT2D eigenvalue weighted by Gasteiger charge is -2.26. The van der Waals surface area contributed by atoms with Gasteiger partial charge in [0.2, 0.25) is 12.3 Å². The van der Waals surface area contributed by atoms with Crippen molar-refractivity contribution in [2.24, 2.45) is 0 Å². The number of rotatable bonds is 9. The van der Waals surface area contributed by atoms with Crippen LogP contribution in [0.5, 0.6) is 0 Å². The number of thiazole rings is 1. The number of nitrogens with one attached hydrogen (secondary N) is 2. The molecule has 0 spiro atoms. The summed E-state index contributed by atoms with van der Waals surface area (Å²) in [6.07, 6.45) is 0.558. The lowest BCUT2D eigenvalue weighted by Crippen LogP contribution is -2.50. The molecular formula is C21H27N5O4S. The van der Waals surface area contributed by atoms with Crippen molar-refractivity contribution in [3.05, 3.63) is 40.9 Å². The number of imide groups is 1. The Morgan fingerprint density at radius 1 is 1.19 bits per heavy atom. The zero-order chi connectivity index (χ0) is 23.1. The van der Waals surface area contributed by atoms with Crippen LogP contribution in [-0.2, 0) is 9.59 Å². The number of carbonyl (C=O) groups excluding carboxylic acids is 4. The van der Waals surface area contributed by atoms with Gasteiger partial charge in [-0.15, -0.1) is 11.3 Å². The molecule has 31 heavy (non-hydrogen) atoms. The van der Waals surface area contributed by atoms with Crippen LogP contribution in [0.2, 0.25) is 0 Å². The topological polar surface area (TPSA) is 112 Å². The van der Waals surface area contributed by atoms with Crippen molar-refractivity contribution >= 4 is 46.3 Å². The highest BCUT2D eigenvalue weighted by Gasteiger charge is 2.30. The molecular weight excluding hydrogens is 418 g/mol. The number of nitrogens with zero attached hydrogens (tertiary/aromatic N) is 3. The summed E-state index contributed by atoms with van der Waals surface area (Å²) in [5.74, 6) is -0.775. The number of carbonyl (C=O) groups is 4. The van der Waals surface area contributed by atoms with E-state index in [1.807, 2.05) is 43.3 Å². The second-order valence-electron chi connectivity index (χ2n) is 7.18. The first-order valence-electron chi connectivity index (χ1n) is 9.76. The molecule has 2 rings (SSSR count). The number of urea groups is 1. The minimum absolute atomic E-state index is 0.217. The van der Waals surface area contributed by atoms with E-state index in [0.29, 0.717) is 6.41 Å². The third-order valence-electron chi connectivity index (χ3n) is 4.72. The molecule has 1 unspecified atom stereocenters. The normalized spacial score (nSPS) is 12.4. The van der Waals surface area contributed by atoms with Crippen molar-refractivity contribution in [2.45, 2.75) is 39.3 Å². The Labute approximate surface area is 185 Å². The number of ketones is 1. The van der Waals surface area contributed by atoms with Crippen LogP contribution in [0.4, 0.5) is 15.6 Å². The first-order valence-corrected chi connectivity index (χ1v) is 10.6. The second-order valence-corrected chi connectivity index (χ2v) is 8.04. The molecule has 1 aromatic carbocycles. The van der Waals surface area contributed by atoms with Gasteiger partial charge in [-0.05, 0) is 31.0 Å². The molecule has 166 valence electrons. The van der Waals surface area contributed by atoms with Gasteiger partial charge < -0.3 is 15.5 Å². The van der Waals surface area contributed by atoms with Gasteiger partial charge in [0, 0.05) is 32.1 Å². The van der Waals surface area contributed by atoms with Gasteiger partial charge in [0.15, 0.2) is 10.9 Å². The molecule has 0 aliphatic rings. The molecule has 0 aliphatic heterocycles. The van der Waals surface area contributed by atoms with Crippen LogP contribution in [0.3, 0.4) is 0 Å². The summed E-state index contributed by atoms with van der Waals surface area (Å²) in [4.78, 5) is 55.2. The summed E-state index contributed by atoms with van der Waals surface area (Å²) in [6.45, 7) is 4.87. The molecule has 2 atom stereocenters. The monoisotopic (exact) mass is 445 g/mol. The van der Waals surface area contributed by atoms with Crippen LogP contribution < -0.4 is 15.5 Å². The van der Waals surface area contributed by atoms with Crippen molar-refractivity contribution in [3.63, 3.8) is 0 Å². The minimum Gasteiger partial charge on any atom is -0.378 e. The van der Waals surface area contributed by atoms with Crippen molar-refractivity contribution in [1.29, 1.82) is 0 Å². The SMILES string of the molecule is CC[C@@H](C(=O)Nc1nc(C(C)=O)cs1)N(C=O)C(=O)NC(C)c1ccc(N(C)C)cc1. The Morgan fingerprint density at radius 3 is 2.32 bits per heavy atom. The number of Topliss-reactive ketones (excluding diaryl/α,β-unsaturated/α-hetero) is 1. The average molecular weight is 446 g/mol. The molecule has 1 aromatic heterocycles. The molecule has 0 radical (unpaired) electrons. The number of hydrogen-bond acceptors (Lipinski definition) is 7. The summed E-state index contributed by atoms with van der Waals surface area (Å²) in [6, 6.07) is 5.58. The van der Waals surface area contributed by atoms with E-state index in [1.165, 1.54) is 12.3 Å². The van der Waals surface area contributed by atoms with Gasteiger partial charge in [-0.1, -0.05) is 19.1 Å². The third-order valence-corrected chi connectivity index (χ3v) is 5.48. The summed E-state index contributed by atoms with van der Waals surface area (Å²) in [5.41, 5.74) is 2.13. The Bertz CT molecular complexity index is 942. The molecule has 0 bridgehead atoms. The Balaban J connectivity index is 2.07. The van der Waals surface area contributed by atoms with Crippen molar-refractivity contribution < 1.29 is 19.2 Å². The minimum atomic E-state index is -1.02. The zero-order valence-corrected chi connectivity index (χ0v) is 19.0. The van der Waals surface area contributed by atoms with Crippen LogP contribution in [0.25, 0.3) is 0 Å². The molecule has 2 aromatic rings. The van der Waals surface area contributed by atoms with Crippen molar-refractivity contribution in [3.8, 4) is 0 Å². The summed E-state index contributed by atoms with van der Waals surface area (Å²) >= 11 is 1.10. The van der Waals surface area contributed by atoms with Gasteiger partial charge in [-0.2, -0.15) is 0 Å². The molecule has 0 saturated heterocycles. The number of aromatic nitrogens is 1. The van der Waals surface area contributed by atoms with E-state index in [0.717, 1.165) is 27.5 Å². The fourth-order valence-corrected chi connectivity index (χ4v) is 3.61. The Kier molecular flexibility index (Phi) is 8.26. The quantitative estimate of drug-likeness (QED) is 0.453.